The van der Waals surface area contributed by atoms with Crippen LogP contribution in [-0.4, -0.2) is 29.6 Å². The summed E-state index contributed by atoms with van der Waals surface area (Å²) in [5, 5.41) is 13.7. The van der Waals surface area contributed by atoms with Crippen LogP contribution in [0.3, 0.4) is 0 Å². The Morgan fingerprint density at radius 3 is 2.33 bits per heavy atom. The molecule has 0 spiro atoms. The monoisotopic (exact) mass is 298 g/mol. The fourth-order valence-electron chi connectivity index (χ4n) is 2.81. The van der Waals surface area contributed by atoms with Crippen molar-refractivity contribution in [3.05, 3.63) is 0 Å². The number of carboxylic acid groups (broad SMARTS) is 1. The summed E-state index contributed by atoms with van der Waals surface area (Å²) in [5.41, 5.74) is -0.667. The first-order valence-corrected chi connectivity index (χ1v) is 7.58. The molecule has 3 amide bonds. The highest BCUT2D eigenvalue weighted by Crippen LogP contribution is 2.27. The van der Waals surface area contributed by atoms with Crippen LogP contribution in [0.15, 0.2) is 0 Å². The Hall–Kier alpha value is -1.59. The van der Waals surface area contributed by atoms with Crippen molar-refractivity contribution in [1.82, 2.24) is 10.6 Å². The van der Waals surface area contributed by atoms with Crippen LogP contribution in [0.5, 0.6) is 0 Å². The lowest BCUT2D eigenvalue weighted by Crippen LogP contribution is -2.41. The molecule has 0 saturated heterocycles. The molecular formula is C15H26N2O4. The molecule has 120 valence electrons. The van der Waals surface area contributed by atoms with Gasteiger partial charge in [0.15, 0.2) is 0 Å². The molecule has 0 bridgehead atoms. The summed E-state index contributed by atoms with van der Waals surface area (Å²) < 4.78 is 0. The van der Waals surface area contributed by atoms with Crippen LogP contribution in [0.1, 0.15) is 58.8 Å². The van der Waals surface area contributed by atoms with Crippen molar-refractivity contribution in [1.29, 1.82) is 0 Å². The predicted octanol–water partition coefficient (Wildman–Crippen LogP) is 2.28. The summed E-state index contributed by atoms with van der Waals surface area (Å²) in [6.45, 7) is 3.96. The molecule has 21 heavy (non-hydrogen) atoms. The Bertz CT molecular complexity index is 387. The molecule has 1 aliphatic carbocycles. The van der Waals surface area contributed by atoms with E-state index in [-0.39, 0.29) is 12.8 Å². The number of rotatable bonds is 7. The van der Waals surface area contributed by atoms with Gasteiger partial charge in [-0.2, -0.15) is 0 Å². The maximum absolute atomic E-state index is 11.7. The first kappa shape index (κ1) is 17.5. The van der Waals surface area contributed by atoms with E-state index in [0.717, 1.165) is 6.42 Å². The van der Waals surface area contributed by atoms with Gasteiger partial charge < -0.3 is 10.4 Å². The van der Waals surface area contributed by atoms with E-state index in [0.29, 0.717) is 12.5 Å². The second kappa shape index (κ2) is 8.00. The van der Waals surface area contributed by atoms with Crippen LogP contribution in [0.25, 0.3) is 0 Å². The Labute approximate surface area is 125 Å². The van der Waals surface area contributed by atoms with Crippen LogP contribution in [-0.2, 0) is 9.59 Å². The summed E-state index contributed by atoms with van der Waals surface area (Å²) >= 11 is 0. The molecule has 0 heterocycles. The van der Waals surface area contributed by atoms with Gasteiger partial charge >= 0.3 is 12.0 Å². The summed E-state index contributed by atoms with van der Waals surface area (Å²) in [6, 6.07) is -0.496. The van der Waals surface area contributed by atoms with Crippen LogP contribution in [0.4, 0.5) is 4.79 Å². The molecule has 3 N–H and O–H groups in total. The molecule has 0 unspecified atom stereocenters. The predicted molar refractivity (Wildman–Crippen MR) is 78.8 cm³/mol. The zero-order valence-electron chi connectivity index (χ0n) is 12.9. The van der Waals surface area contributed by atoms with Crippen LogP contribution >= 0.6 is 0 Å². The van der Waals surface area contributed by atoms with Crippen molar-refractivity contribution in [2.75, 3.05) is 6.54 Å². The second-order valence-electron chi connectivity index (χ2n) is 6.65. The van der Waals surface area contributed by atoms with Crippen molar-refractivity contribution in [3.63, 3.8) is 0 Å². The maximum Gasteiger partial charge on any atom is 0.321 e. The number of amides is 3. The lowest BCUT2D eigenvalue weighted by molar-refractivity contribution is -0.139. The van der Waals surface area contributed by atoms with Gasteiger partial charge in [-0.3, -0.25) is 14.9 Å². The first-order valence-electron chi connectivity index (χ1n) is 7.58. The molecular weight excluding hydrogens is 272 g/mol. The molecule has 1 fully saturated rings. The van der Waals surface area contributed by atoms with Gasteiger partial charge in [0.2, 0.25) is 5.91 Å². The van der Waals surface area contributed by atoms with Crippen LogP contribution in [0, 0.1) is 11.3 Å². The zero-order valence-corrected chi connectivity index (χ0v) is 12.9. The molecule has 0 radical (unpaired) electrons. The van der Waals surface area contributed by atoms with Crippen molar-refractivity contribution >= 4 is 17.9 Å². The third-order valence-corrected chi connectivity index (χ3v) is 3.83. The number of carboxylic acids is 1. The molecule has 6 heteroatoms. The lowest BCUT2D eigenvalue weighted by Gasteiger charge is -2.21. The molecule has 6 nitrogen and oxygen atoms in total. The van der Waals surface area contributed by atoms with Crippen LogP contribution in [0.2, 0.25) is 0 Å². The number of imide groups is 1. The van der Waals surface area contributed by atoms with Crippen LogP contribution < -0.4 is 10.6 Å². The highest BCUT2D eigenvalue weighted by atomic mass is 16.4. The molecule has 0 aromatic carbocycles. The van der Waals surface area contributed by atoms with Crippen molar-refractivity contribution < 1.29 is 19.5 Å². The standard InChI is InChI=1S/C15H26N2O4/c1-15(2,10-13(19)20)9-12(18)17-14(21)16-8-7-11-5-3-4-6-11/h11H,3-10H2,1-2H3,(H,19,20)(H2,16,17,18,21). The normalized spacial score (nSPS) is 15.7. The van der Waals surface area contributed by atoms with E-state index in [4.69, 9.17) is 5.11 Å². The number of aliphatic carboxylic acids is 1. The highest BCUT2D eigenvalue weighted by Gasteiger charge is 2.26. The molecule has 0 aliphatic heterocycles. The number of hydrogen-bond acceptors (Lipinski definition) is 3. The maximum atomic E-state index is 11.7. The van der Waals surface area contributed by atoms with Gasteiger partial charge in [-0.25, -0.2) is 4.79 Å². The number of carbonyl (C=O) groups is 3. The minimum absolute atomic E-state index is 0.00927. The van der Waals surface area contributed by atoms with E-state index in [1.807, 2.05) is 0 Å². The Balaban J connectivity index is 2.20. The van der Waals surface area contributed by atoms with Gasteiger partial charge in [0.25, 0.3) is 0 Å². The van der Waals surface area contributed by atoms with Gasteiger partial charge in [0, 0.05) is 13.0 Å². The number of carbonyl (C=O) groups excluding carboxylic acids is 2. The summed E-state index contributed by atoms with van der Waals surface area (Å²) in [4.78, 5) is 34.0. The average molecular weight is 298 g/mol. The van der Waals surface area contributed by atoms with Crippen molar-refractivity contribution in [3.8, 4) is 0 Å². The van der Waals surface area contributed by atoms with Gasteiger partial charge in [-0.05, 0) is 17.8 Å². The topological polar surface area (TPSA) is 95.5 Å². The van der Waals surface area contributed by atoms with Gasteiger partial charge in [-0.15, -0.1) is 0 Å². The van der Waals surface area contributed by atoms with E-state index in [1.54, 1.807) is 13.8 Å². The largest absolute Gasteiger partial charge is 0.481 e. The Kier molecular flexibility index (Phi) is 6.65. The minimum atomic E-state index is -0.950. The van der Waals surface area contributed by atoms with E-state index < -0.39 is 23.3 Å². The second-order valence-corrected chi connectivity index (χ2v) is 6.65. The minimum Gasteiger partial charge on any atom is -0.481 e. The van der Waals surface area contributed by atoms with Gasteiger partial charge in [-0.1, -0.05) is 39.5 Å². The summed E-state index contributed by atoms with van der Waals surface area (Å²) in [7, 11) is 0. The van der Waals surface area contributed by atoms with Crippen molar-refractivity contribution in [2.45, 2.75) is 58.8 Å². The van der Waals surface area contributed by atoms with E-state index in [2.05, 4.69) is 10.6 Å². The number of hydrogen-bond donors (Lipinski definition) is 3. The summed E-state index contributed by atoms with van der Waals surface area (Å²) in [5.74, 6) is -0.705. The lowest BCUT2D eigenvalue weighted by atomic mass is 9.85. The van der Waals surface area contributed by atoms with E-state index in [1.165, 1.54) is 25.7 Å². The quantitative estimate of drug-likeness (QED) is 0.672. The van der Waals surface area contributed by atoms with Crippen molar-refractivity contribution in [2.24, 2.45) is 11.3 Å². The van der Waals surface area contributed by atoms with E-state index >= 15 is 0 Å². The van der Waals surface area contributed by atoms with Gasteiger partial charge in [0.1, 0.15) is 0 Å². The number of nitrogens with one attached hydrogen (secondary N) is 2. The molecule has 1 aliphatic rings. The molecule has 0 atom stereocenters. The smallest absolute Gasteiger partial charge is 0.321 e. The van der Waals surface area contributed by atoms with E-state index in [9.17, 15) is 14.4 Å². The SMILES string of the molecule is CC(C)(CC(=O)O)CC(=O)NC(=O)NCCC1CCCC1. The first-order chi connectivity index (χ1) is 9.78. The number of urea groups is 1. The summed E-state index contributed by atoms with van der Waals surface area (Å²) in [6.07, 6.45) is 5.85. The fourth-order valence-corrected chi connectivity index (χ4v) is 2.81. The Morgan fingerprint density at radius 1 is 1.14 bits per heavy atom. The molecule has 1 rings (SSSR count). The third-order valence-electron chi connectivity index (χ3n) is 3.83. The zero-order chi connectivity index (χ0) is 15.9. The Morgan fingerprint density at radius 2 is 1.76 bits per heavy atom. The molecule has 0 aromatic rings. The highest BCUT2D eigenvalue weighted by molar-refractivity contribution is 5.94. The molecule has 1 saturated carbocycles. The molecule has 0 aromatic heterocycles. The third kappa shape index (κ3) is 7.68. The average Bonchev–Trinajstić information content (AvgIpc) is 2.78. The van der Waals surface area contributed by atoms with Gasteiger partial charge in [0.05, 0.1) is 6.42 Å². The fraction of sp³-hybridized carbons (Fsp3) is 0.800.